The number of hydrogen-bond donors (Lipinski definition) is 2. The summed E-state index contributed by atoms with van der Waals surface area (Å²) in [4.78, 5) is 4.40. The second kappa shape index (κ2) is 4.03. The number of nitrogens with one attached hydrogen (secondary N) is 1. The summed E-state index contributed by atoms with van der Waals surface area (Å²) in [6, 6.07) is 13.4. The molecule has 0 radical (unpaired) electrons. The zero-order valence-electron chi connectivity index (χ0n) is 9.96. The average Bonchev–Trinajstić information content (AvgIpc) is 2.73. The fraction of sp³-hybridized carbons (Fsp3) is 0.0769. The Bertz CT molecular complexity index is 701. The Balaban J connectivity index is 1.98. The van der Waals surface area contributed by atoms with Crippen molar-refractivity contribution in [3.8, 4) is 0 Å². The monoisotopic (exact) mass is 239 g/mol. The number of rotatable bonds is 2. The number of aryl methyl sites for hydroxylation is 1. The minimum Gasteiger partial charge on any atom is -0.399 e. The Morgan fingerprint density at radius 2 is 2.00 bits per heavy atom. The highest BCUT2D eigenvalue weighted by molar-refractivity contribution is 5.60. The lowest BCUT2D eigenvalue weighted by molar-refractivity contribution is 0.918. The number of aromatic nitrogens is 3. The Morgan fingerprint density at radius 1 is 1.17 bits per heavy atom. The lowest BCUT2D eigenvalue weighted by Crippen LogP contribution is -1.95. The van der Waals surface area contributed by atoms with Crippen molar-refractivity contribution in [1.82, 2.24) is 14.6 Å². The molecule has 5 heteroatoms. The number of fused-ring (bicyclic) bond motifs is 1. The van der Waals surface area contributed by atoms with E-state index >= 15 is 0 Å². The molecule has 18 heavy (non-hydrogen) atoms. The largest absolute Gasteiger partial charge is 0.399 e. The fourth-order valence-corrected chi connectivity index (χ4v) is 1.83. The van der Waals surface area contributed by atoms with Crippen LogP contribution in [0.4, 0.5) is 17.3 Å². The van der Waals surface area contributed by atoms with Crippen molar-refractivity contribution in [3.63, 3.8) is 0 Å². The summed E-state index contributed by atoms with van der Waals surface area (Å²) in [5.41, 5.74) is 9.18. The van der Waals surface area contributed by atoms with Gasteiger partial charge in [0, 0.05) is 17.1 Å². The van der Waals surface area contributed by atoms with Crippen LogP contribution in [0.25, 0.3) is 5.65 Å². The van der Waals surface area contributed by atoms with Crippen LogP contribution in [0.2, 0.25) is 0 Å². The van der Waals surface area contributed by atoms with Gasteiger partial charge in [0.1, 0.15) is 0 Å². The number of hydrogen-bond acceptors (Lipinski definition) is 4. The van der Waals surface area contributed by atoms with Crippen LogP contribution in [0.15, 0.2) is 42.5 Å². The first-order valence-electron chi connectivity index (χ1n) is 5.67. The molecule has 0 saturated carbocycles. The molecule has 2 heterocycles. The van der Waals surface area contributed by atoms with E-state index in [-0.39, 0.29) is 0 Å². The highest BCUT2D eigenvalue weighted by Crippen LogP contribution is 2.17. The first kappa shape index (κ1) is 10.6. The Kier molecular flexibility index (Phi) is 2.37. The quantitative estimate of drug-likeness (QED) is 0.674. The molecule has 2 aromatic heterocycles. The van der Waals surface area contributed by atoms with Gasteiger partial charge in [0.25, 0.3) is 0 Å². The number of anilines is 3. The van der Waals surface area contributed by atoms with Gasteiger partial charge in [0.05, 0.1) is 0 Å². The van der Waals surface area contributed by atoms with Crippen LogP contribution < -0.4 is 11.1 Å². The van der Waals surface area contributed by atoms with Gasteiger partial charge in [0.2, 0.25) is 5.95 Å². The van der Waals surface area contributed by atoms with E-state index in [1.54, 1.807) is 4.52 Å². The van der Waals surface area contributed by atoms with E-state index in [0.717, 1.165) is 17.0 Å². The summed E-state index contributed by atoms with van der Waals surface area (Å²) in [5.74, 6) is 0.565. The number of benzene rings is 1. The molecule has 0 unspecified atom stereocenters. The second-order valence-electron chi connectivity index (χ2n) is 4.12. The standard InChI is InChI=1S/C13H13N5/c1-9-4-2-7-12-16-13(17-18(9)12)15-11-6-3-5-10(14)8-11/h2-8H,14H2,1H3,(H,15,17). The van der Waals surface area contributed by atoms with E-state index in [1.165, 1.54) is 0 Å². The molecule has 3 rings (SSSR count). The molecule has 0 amide bonds. The van der Waals surface area contributed by atoms with Crippen molar-refractivity contribution >= 4 is 23.0 Å². The molecule has 0 bridgehead atoms. The van der Waals surface area contributed by atoms with Crippen molar-refractivity contribution in [3.05, 3.63) is 48.2 Å². The van der Waals surface area contributed by atoms with Crippen LogP contribution in [-0.2, 0) is 0 Å². The lowest BCUT2D eigenvalue weighted by atomic mass is 10.3. The Morgan fingerprint density at radius 3 is 2.78 bits per heavy atom. The third-order valence-corrected chi connectivity index (χ3v) is 2.69. The van der Waals surface area contributed by atoms with Gasteiger partial charge in [-0.2, -0.15) is 4.98 Å². The Labute approximate surface area is 104 Å². The van der Waals surface area contributed by atoms with E-state index < -0.39 is 0 Å². The van der Waals surface area contributed by atoms with Gasteiger partial charge >= 0.3 is 0 Å². The van der Waals surface area contributed by atoms with Crippen LogP contribution in [-0.4, -0.2) is 14.6 Å². The third-order valence-electron chi connectivity index (χ3n) is 2.69. The van der Waals surface area contributed by atoms with Gasteiger partial charge < -0.3 is 11.1 Å². The number of nitrogens with zero attached hydrogens (tertiary/aromatic N) is 3. The maximum Gasteiger partial charge on any atom is 0.247 e. The van der Waals surface area contributed by atoms with Crippen molar-refractivity contribution < 1.29 is 0 Å². The average molecular weight is 239 g/mol. The second-order valence-corrected chi connectivity index (χ2v) is 4.12. The summed E-state index contributed by atoms with van der Waals surface area (Å²) >= 11 is 0. The van der Waals surface area contributed by atoms with E-state index in [1.807, 2.05) is 49.4 Å². The molecule has 0 spiro atoms. The SMILES string of the molecule is Cc1cccc2nc(Nc3cccc(N)c3)nn12. The molecular weight excluding hydrogens is 226 g/mol. The first-order valence-corrected chi connectivity index (χ1v) is 5.67. The van der Waals surface area contributed by atoms with Crippen LogP contribution in [0, 0.1) is 6.92 Å². The van der Waals surface area contributed by atoms with E-state index in [4.69, 9.17) is 5.73 Å². The van der Waals surface area contributed by atoms with Crippen LogP contribution in [0.5, 0.6) is 0 Å². The summed E-state index contributed by atoms with van der Waals surface area (Å²) in [6.45, 7) is 1.99. The predicted molar refractivity (Wildman–Crippen MR) is 71.9 cm³/mol. The highest BCUT2D eigenvalue weighted by Gasteiger charge is 2.04. The zero-order chi connectivity index (χ0) is 12.5. The zero-order valence-corrected chi connectivity index (χ0v) is 9.96. The smallest absolute Gasteiger partial charge is 0.247 e. The maximum absolute atomic E-state index is 5.73. The number of nitrogen functional groups attached to an aromatic ring is 1. The van der Waals surface area contributed by atoms with Crippen molar-refractivity contribution in [1.29, 1.82) is 0 Å². The molecule has 1 aromatic carbocycles. The van der Waals surface area contributed by atoms with Crippen molar-refractivity contribution in [2.45, 2.75) is 6.92 Å². The summed E-state index contributed by atoms with van der Waals surface area (Å²) in [7, 11) is 0. The van der Waals surface area contributed by atoms with Crippen LogP contribution in [0.1, 0.15) is 5.69 Å². The third kappa shape index (κ3) is 1.86. The molecule has 90 valence electrons. The van der Waals surface area contributed by atoms with E-state index in [0.29, 0.717) is 11.6 Å². The van der Waals surface area contributed by atoms with Crippen molar-refractivity contribution in [2.75, 3.05) is 11.1 Å². The van der Waals surface area contributed by atoms with E-state index in [9.17, 15) is 0 Å². The number of nitrogens with two attached hydrogens (primary N) is 1. The van der Waals surface area contributed by atoms with Gasteiger partial charge in [-0.05, 0) is 37.3 Å². The number of pyridine rings is 1. The molecule has 0 aliphatic heterocycles. The van der Waals surface area contributed by atoms with Gasteiger partial charge in [-0.15, -0.1) is 5.10 Å². The van der Waals surface area contributed by atoms with Crippen molar-refractivity contribution in [2.24, 2.45) is 0 Å². The molecule has 0 aliphatic rings. The normalized spacial score (nSPS) is 10.7. The van der Waals surface area contributed by atoms with Crippen LogP contribution in [0.3, 0.4) is 0 Å². The molecule has 0 fully saturated rings. The van der Waals surface area contributed by atoms with Gasteiger partial charge in [-0.1, -0.05) is 12.1 Å². The summed E-state index contributed by atoms with van der Waals surface area (Å²) in [5, 5.41) is 7.53. The lowest BCUT2D eigenvalue weighted by Gasteiger charge is -2.01. The van der Waals surface area contributed by atoms with Gasteiger partial charge in [-0.25, -0.2) is 4.52 Å². The van der Waals surface area contributed by atoms with Gasteiger partial charge in [0.15, 0.2) is 5.65 Å². The predicted octanol–water partition coefficient (Wildman–Crippen LogP) is 2.36. The molecule has 5 nitrogen and oxygen atoms in total. The maximum atomic E-state index is 5.73. The molecule has 3 N–H and O–H groups in total. The van der Waals surface area contributed by atoms with Crippen LogP contribution >= 0.6 is 0 Å². The highest BCUT2D eigenvalue weighted by atomic mass is 15.3. The topological polar surface area (TPSA) is 68.2 Å². The first-order chi connectivity index (χ1) is 8.72. The molecule has 0 saturated heterocycles. The molecule has 0 aliphatic carbocycles. The summed E-state index contributed by atoms with van der Waals surface area (Å²) in [6.07, 6.45) is 0. The fourth-order valence-electron chi connectivity index (χ4n) is 1.83. The summed E-state index contributed by atoms with van der Waals surface area (Å²) < 4.78 is 1.80. The Hall–Kier alpha value is -2.56. The van der Waals surface area contributed by atoms with Gasteiger partial charge in [-0.3, -0.25) is 0 Å². The minimum atomic E-state index is 0.565. The molecule has 0 atom stereocenters. The molecular formula is C13H13N5. The van der Waals surface area contributed by atoms with E-state index in [2.05, 4.69) is 15.4 Å². The molecule has 3 aromatic rings. The minimum absolute atomic E-state index is 0.565.